The molecule has 12 rings (SSSR count). The zero-order valence-corrected chi connectivity index (χ0v) is 97.7. The van der Waals surface area contributed by atoms with Crippen LogP contribution in [0.1, 0.15) is 448 Å². The number of aliphatic hydroxyl groups is 1. The Balaban J connectivity index is 0.000000726. The summed E-state index contributed by atoms with van der Waals surface area (Å²) in [5.74, 6) is 9.60. The third kappa shape index (κ3) is 56.8. The van der Waals surface area contributed by atoms with Gasteiger partial charge >= 0.3 is 0 Å². The predicted molar refractivity (Wildman–Crippen MR) is 583 cm³/mol. The normalized spacial score (nSPS) is 28.7. The van der Waals surface area contributed by atoms with Gasteiger partial charge in [0, 0.05) is 106 Å². The molecule has 11 fully saturated rings. The molecule has 11 aliphatic rings. The monoisotopic (exact) mass is 1870 g/mol. The van der Waals surface area contributed by atoms with Crippen LogP contribution in [0.25, 0.3) is 0 Å². The molecule has 8 heterocycles. The van der Waals surface area contributed by atoms with Crippen molar-refractivity contribution in [3.63, 3.8) is 0 Å². The van der Waals surface area contributed by atoms with Crippen LogP contribution in [0.5, 0.6) is 0 Å². The van der Waals surface area contributed by atoms with E-state index in [0.717, 1.165) is 110 Å². The molecule has 8 unspecified atom stereocenters. The van der Waals surface area contributed by atoms with Gasteiger partial charge in [0.25, 0.3) is 0 Å². The lowest BCUT2D eigenvalue weighted by Gasteiger charge is -2.38. The first-order chi connectivity index (χ1) is 60.8. The van der Waals surface area contributed by atoms with Gasteiger partial charge in [-0.1, -0.05) is 268 Å². The quantitative estimate of drug-likeness (QED) is 0.120. The fourth-order valence-electron chi connectivity index (χ4n) is 22.3. The first-order valence-corrected chi connectivity index (χ1v) is 55.7. The third-order valence-electron chi connectivity index (χ3n) is 33.7. The van der Waals surface area contributed by atoms with E-state index in [4.69, 9.17) is 11.0 Å². The first kappa shape index (κ1) is 128. The van der Waals surface area contributed by atoms with Crippen LogP contribution in [0.4, 0.5) is 0 Å². The Bertz CT molecular complexity index is 3060. The maximum atomic E-state index is 9.26. The standard InChI is InChI=1S/2C11H21N.C11H23N.C10H18N2.4C10H21N.C9H19NO.C9H19N.C9H13N.C9H18O/c2*1-11(2,3)9-5-7-10(12-4)8-6-9;1-11(2,3)10-6-5-8-12(4)9-7-10;1-10(2,3)9-4-6-12(8-11)7-5-9;1-10(2,3)9-5-7-11(4)8-6-9;2*1-10(2,3)9-6-5-7-11(4)8-9;1-10(2,3)8-6-4-5-7-9(8)11;1-9(2,3)8-4-6-10(11)7-5-8;1-9(2,3)8-5-4-6-10-7-8;1-9(2,3)8-6-4-5-7-10-8;1-9(2,3)7-4-5-8(10)6-7/h2*9H,5-8H2,1-4H3;10H,5-9H2,1-4H3;9H,4-7H2,1-3H3;3*9H,5-8H2,1-4H3;8-9H,4-7,11H2,1-3H3;8,11H,4-7H2,1-3H3;8,10H,4-7H2,1-3H3;4-7H,1-3H3;7-8,10H,4-6H2,1-3H3/p+5/t;;;;;;;8?,9-;;;;7?,8-/m.......0...0/s1. The maximum Gasteiger partial charge on any atom is 0.179 e. The molecule has 0 radical (unpaired) electrons. The number of nitrogens with zero attached hydrogens (tertiary/aromatic N) is 6. The molecule has 133 heavy (non-hydrogen) atoms. The Morgan fingerprint density at radius 1 is 0.391 bits per heavy atom. The number of aliphatic hydroxyl groups excluding tert-OH is 1. The van der Waals surface area contributed by atoms with E-state index >= 15 is 0 Å². The summed E-state index contributed by atoms with van der Waals surface area (Å²) in [5.41, 5.74) is 15.6. The first-order valence-electron chi connectivity index (χ1n) is 55.7. The Hall–Kier alpha value is -2.58. The van der Waals surface area contributed by atoms with Gasteiger partial charge in [0.1, 0.15) is 13.1 Å². The van der Waals surface area contributed by atoms with E-state index in [0.29, 0.717) is 70.7 Å². The minimum Gasteiger partial charge on any atom is -0.393 e. The number of quaternary nitrogens is 5. The Labute approximate surface area is 831 Å². The van der Waals surface area contributed by atoms with Gasteiger partial charge in [-0.25, -0.2) is 5.21 Å². The second kappa shape index (κ2) is 60.1. The predicted octanol–water partition coefficient (Wildman–Crippen LogP) is 23.3. The van der Waals surface area contributed by atoms with Gasteiger partial charge in [0.05, 0.1) is 79.6 Å². The highest BCUT2D eigenvalue weighted by molar-refractivity contribution is 5.85. The molecule has 10 atom stereocenters. The highest BCUT2D eigenvalue weighted by Gasteiger charge is 2.39. The van der Waals surface area contributed by atoms with Crippen molar-refractivity contribution < 1.29 is 35.4 Å². The molecule has 4 saturated carbocycles. The molecule has 14 nitrogen and oxygen atoms in total. The van der Waals surface area contributed by atoms with E-state index in [1.165, 1.54) is 257 Å². The van der Waals surface area contributed by atoms with Crippen LogP contribution < -0.4 is 30.8 Å². The van der Waals surface area contributed by atoms with E-state index in [1.807, 2.05) is 37.3 Å². The molecule has 7 aliphatic heterocycles. The van der Waals surface area contributed by atoms with Crippen LogP contribution in [0.3, 0.4) is 0 Å². The van der Waals surface area contributed by atoms with Crippen molar-refractivity contribution in [3.8, 4) is 6.19 Å². The number of nitrogens with one attached hydrogen (secondary N) is 4. The van der Waals surface area contributed by atoms with Gasteiger partial charge in [0.2, 0.25) is 0 Å². The molecular weight excluding hydrogens is 1630 g/mol. The number of hydrogen-bond acceptors (Lipinski definition) is 9. The summed E-state index contributed by atoms with van der Waals surface area (Å²) in [6, 6.07) is 6.48. The van der Waals surface area contributed by atoms with E-state index in [1.54, 1.807) is 14.7 Å². The van der Waals surface area contributed by atoms with Crippen molar-refractivity contribution in [1.29, 1.82) is 5.26 Å². The smallest absolute Gasteiger partial charge is 0.179 e. The highest BCUT2D eigenvalue weighted by atomic mass is 16.5. The number of hydroxylamine groups is 2. The minimum absolute atomic E-state index is 0.00998. The van der Waals surface area contributed by atoms with Crippen molar-refractivity contribution >= 4 is 11.4 Å². The minimum atomic E-state index is -0.00998. The number of likely N-dealkylation sites (tertiary alicyclic amines) is 5. The lowest BCUT2D eigenvalue weighted by Crippen LogP contribution is -3.10. The summed E-state index contributed by atoms with van der Waals surface area (Å²) in [6.07, 6.45) is 43.3. The average Bonchev–Trinajstić information content (AvgIpc) is 1.85. The summed E-state index contributed by atoms with van der Waals surface area (Å²) in [6.45, 7) is 101. The lowest BCUT2D eigenvalue weighted by molar-refractivity contribution is -1.09. The van der Waals surface area contributed by atoms with Gasteiger partial charge < -0.3 is 40.7 Å². The Morgan fingerprint density at radius 3 is 1.05 bits per heavy atom. The second-order valence-corrected chi connectivity index (χ2v) is 57.4. The number of rotatable bonds is 0. The van der Waals surface area contributed by atoms with Gasteiger partial charge in [-0.15, -0.1) is 0 Å². The highest BCUT2D eigenvalue weighted by Crippen LogP contribution is 2.43. The number of pyridine rings is 1. The van der Waals surface area contributed by atoms with Crippen molar-refractivity contribution in [3.05, 3.63) is 30.1 Å². The van der Waals surface area contributed by atoms with E-state index < -0.39 is 0 Å². The van der Waals surface area contributed by atoms with Crippen molar-refractivity contribution in [2.45, 2.75) is 459 Å². The molecule has 1 aromatic rings. The molecular formula is C119H241N12O2+5. The summed E-state index contributed by atoms with van der Waals surface area (Å²) >= 11 is 0. The largest absolute Gasteiger partial charge is 0.393 e. The van der Waals surface area contributed by atoms with Crippen molar-refractivity contribution in [1.82, 2.24) is 14.8 Å². The number of aromatic nitrogens is 1. The van der Waals surface area contributed by atoms with Crippen LogP contribution in [-0.2, 0) is 5.41 Å². The zero-order valence-electron chi connectivity index (χ0n) is 97.7. The molecule has 10 N–H and O–H groups in total. The van der Waals surface area contributed by atoms with Crippen LogP contribution in [-0.4, -0.2) is 183 Å². The lowest BCUT2D eigenvalue weighted by atomic mass is 9.70. The summed E-state index contributed by atoms with van der Waals surface area (Å²) in [7, 11) is 13.0. The van der Waals surface area contributed by atoms with Gasteiger partial charge in [-0.3, -0.25) is 15.0 Å². The van der Waals surface area contributed by atoms with Crippen LogP contribution in [0, 0.1) is 136 Å². The second-order valence-electron chi connectivity index (χ2n) is 57.4. The van der Waals surface area contributed by atoms with Crippen LogP contribution in [0.15, 0.2) is 34.4 Å². The Kier molecular flexibility index (Phi) is 58.1. The third-order valence-corrected chi connectivity index (χ3v) is 33.7. The molecule has 14 heteroatoms. The fraction of sp³-hybridized carbons (Fsp3) is 0.933. The summed E-state index contributed by atoms with van der Waals surface area (Å²) in [4.78, 5) is 22.3. The molecule has 4 aliphatic carbocycles. The molecule has 1 aromatic heterocycles. The maximum absolute atomic E-state index is 9.26. The number of nitrogens with two attached hydrogens (primary N) is 2. The fourth-order valence-corrected chi connectivity index (χ4v) is 22.3. The summed E-state index contributed by atoms with van der Waals surface area (Å²) < 4.78 is 0. The molecule has 0 bridgehead atoms. The molecule has 0 spiro atoms. The van der Waals surface area contributed by atoms with Crippen LogP contribution in [0.2, 0.25) is 0 Å². The van der Waals surface area contributed by atoms with E-state index in [2.05, 4.69) is 315 Å². The Morgan fingerprint density at radius 2 is 0.759 bits per heavy atom. The number of piperidine rings is 6. The van der Waals surface area contributed by atoms with Crippen molar-refractivity contribution in [2.75, 3.05) is 134 Å². The zero-order chi connectivity index (χ0) is 102. The molecule has 7 saturated heterocycles. The van der Waals surface area contributed by atoms with Gasteiger partial charge in [-0.2, -0.15) is 10.3 Å². The average molecular weight is 1870 g/mol. The SMILES string of the molecule is CC(C)(C)C1CCCC[C@@H]1N.CC(C)(C)C1CCC[NH2+]C1.CC(C)(C)C1CCN(C#N)CC1.CC(C)(C)C1CC[C@H](O)C1.CC(C)(C)C1CC[NH+](O)CC1.CC(C)(C)c1ccccn1.CN1CCCC(C(C)(C)C)C1.CN=C1CCC(C(C)(C)C)CC1.CN=C1CCC(C(C)(C)C)CC1.C[NH+]1CCC(C(C)(C)C)CC1.C[NH+]1CCCC(C(C)(C)C)C1.C[NH+]1CCCC(C(C)(C)C)CC1. The molecule has 0 aromatic carbocycles. The van der Waals surface area contributed by atoms with Crippen LogP contribution >= 0.6 is 0 Å². The van der Waals surface area contributed by atoms with Crippen molar-refractivity contribution in [2.24, 2.45) is 140 Å². The number of hydrogen-bond donors (Lipinski definition) is 8. The number of nitriles is 1. The molecule has 0 amide bonds. The van der Waals surface area contributed by atoms with E-state index in [-0.39, 0.29) is 11.5 Å². The number of aliphatic imine (C=N–C) groups is 2. The van der Waals surface area contributed by atoms with Gasteiger partial charge in [0.15, 0.2) is 6.19 Å². The van der Waals surface area contributed by atoms with E-state index in [9.17, 15) is 10.3 Å². The topological polar surface area (TPSA) is 169 Å². The van der Waals surface area contributed by atoms with Gasteiger partial charge in [-0.05, 0) is 293 Å². The molecule has 784 valence electrons. The summed E-state index contributed by atoms with van der Waals surface area (Å²) in [5, 5.41) is 30.3.